The molecule has 106 valence electrons. The fraction of sp³-hybridized carbons (Fsp3) is 0.562. The summed E-state index contributed by atoms with van der Waals surface area (Å²) >= 11 is 0. The van der Waals surface area contributed by atoms with E-state index < -0.39 is 0 Å². The van der Waals surface area contributed by atoms with Crippen molar-refractivity contribution in [3.63, 3.8) is 0 Å². The smallest absolute Gasteiger partial charge is 0.219 e. The van der Waals surface area contributed by atoms with Gasteiger partial charge in [0.05, 0.1) is 0 Å². The lowest BCUT2D eigenvalue weighted by molar-refractivity contribution is -0.128. The van der Waals surface area contributed by atoms with E-state index >= 15 is 0 Å². The van der Waals surface area contributed by atoms with Gasteiger partial charge in [0.2, 0.25) is 5.91 Å². The number of carbonyl (C=O) groups excluding carboxylic acids is 1. The predicted octanol–water partition coefficient (Wildman–Crippen LogP) is 3.66. The Morgan fingerprint density at radius 1 is 1.37 bits per heavy atom. The summed E-state index contributed by atoms with van der Waals surface area (Å²) in [5, 5.41) is 3.57. The SMILES string of the molecule is CCCC(CC)Nc1cccc(CN(C)C(C)=O)c1. The van der Waals surface area contributed by atoms with Crippen LogP contribution in [0.4, 0.5) is 5.69 Å². The predicted molar refractivity (Wildman–Crippen MR) is 81.2 cm³/mol. The number of anilines is 1. The molecule has 19 heavy (non-hydrogen) atoms. The topological polar surface area (TPSA) is 32.3 Å². The van der Waals surface area contributed by atoms with Crippen LogP contribution in [0.2, 0.25) is 0 Å². The number of hydrogen-bond acceptors (Lipinski definition) is 2. The van der Waals surface area contributed by atoms with Crippen molar-refractivity contribution in [2.24, 2.45) is 0 Å². The molecule has 0 radical (unpaired) electrons. The average molecular weight is 262 g/mol. The Kier molecular flexibility index (Phi) is 6.40. The number of benzene rings is 1. The van der Waals surface area contributed by atoms with Crippen LogP contribution < -0.4 is 5.32 Å². The molecular formula is C16H26N2O. The van der Waals surface area contributed by atoms with Crippen LogP contribution in [0.1, 0.15) is 45.6 Å². The number of hydrogen-bond donors (Lipinski definition) is 1. The average Bonchev–Trinajstić information content (AvgIpc) is 2.38. The Morgan fingerprint density at radius 3 is 2.68 bits per heavy atom. The van der Waals surface area contributed by atoms with Crippen molar-refractivity contribution in [3.05, 3.63) is 29.8 Å². The molecule has 0 fully saturated rings. The Morgan fingerprint density at radius 2 is 2.11 bits per heavy atom. The molecule has 1 unspecified atom stereocenters. The van der Waals surface area contributed by atoms with Crippen LogP contribution in [0.3, 0.4) is 0 Å². The summed E-state index contributed by atoms with van der Waals surface area (Å²) in [6.07, 6.45) is 3.51. The maximum atomic E-state index is 11.3. The lowest BCUT2D eigenvalue weighted by atomic mass is 10.1. The van der Waals surface area contributed by atoms with Gasteiger partial charge in [0.1, 0.15) is 0 Å². The summed E-state index contributed by atoms with van der Waals surface area (Å²) in [6, 6.07) is 8.87. The molecule has 0 spiro atoms. The monoisotopic (exact) mass is 262 g/mol. The van der Waals surface area contributed by atoms with Gasteiger partial charge in [0, 0.05) is 32.2 Å². The third kappa shape index (κ3) is 5.33. The first-order valence-corrected chi connectivity index (χ1v) is 7.14. The van der Waals surface area contributed by atoms with Crippen molar-refractivity contribution in [1.82, 2.24) is 4.90 Å². The first kappa shape index (κ1) is 15.5. The van der Waals surface area contributed by atoms with Crippen molar-refractivity contribution < 1.29 is 4.79 Å². The van der Waals surface area contributed by atoms with Gasteiger partial charge in [-0.25, -0.2) is 0 Å². The molecule has 0 aromatic heterocycles. The highest BCUT2D eigenvalue weighted by atomic mass is 16.2. The molecule has 1 atom stereocenters. The highest BCUT2D eigenvalue weighted by Crippen LogP contribution is 2.16. The van der Waals surface area contributed by atoms with Crippen LogP contribution >= 0.6 is 0 Å². The van der Waals surface area contributed by atoms with E-state index in [0.717, 1.165) is 17.7 Å². The highest BCUT2D eigenvalue weighted by molar-refractivity contribution is 5.72. The van der Waals surface area contributed by atoms with E-state index in [-0.39, 0.29) is 5.91 Å². The number of nitrogens with zero attached hydrogens (tertiary/aromatic N) is 1. The minimum absolute atomic E-state index is 0.0933. The molecule has 3 nitrogen and oxygen atoms in total. The summed E-state index contributed by atoms with van der Waals surface area (Å²) in [5.74, 6) is 0.0933. The molecule has 0 heterocycles. The summed E-state index contributed by atoms with van der Waals surface area (Å²) in [5.41, 5.74) is 2.31. The maximum absolute atomic E-state index is 11.3. The molecule has 3 heteroatoms. The van der Waals surface area contributed by atoms with Gasteiger partial charge < -0.3 is 10.2 Å². The number of amides is 1. The lowest BCUT2D eigenvalue weighted by Crippen LogP contribution is -2.23. The minimum atomic E-state index is 0.0933. The van der Waals surface area contributed by atoms with Crippen LogP contribution in [0.15, 0.2) is 24.3 Å². The molecule has 0 aliphatic rings. The number of nitrogens with one attached hydrogen (secondary N) is 1. The molecule has 0 aliphatic carbocycles. The molecular weight excluding hydrogens is 236 g/mol. The van der Waals surface area contributed by atoms with Crippen LogP contribution in [0, 0.1) is 0 Å². The minimum Gasteiger partial charge on any atom is -0.382 e. The number of rotatable bonds is 7. The molecule has 0 saturated carbocycles. The van der Waals surface area contributed by atoms with Crippen LogP contribution in [0.25, 0.3) is 0 Å². The summed E-state index contributed by atoms with van der Waals surface area (Å²) in [6.45, 7) is 6.68. The third-order valence-electron chi connectivity index (χ3n) is 3.39. The fourth-order valence-corrected chi connectivity index (χ4v) is 2.11. The molecule has 0 saturated heterocycles. The Labute approximate surface area is 117 Å². The fourth-order valence-electron chi connectivity index (χ4n) is 2.11. The van der Waals surface area contributed by atoms with E-state index in [2.05, 4.69) is 37.4 Å². The third-order valence-corrected chi connectivity index (χ3v) is 3.39. The molecule has 0 aliphatic heterocycles. The molecule has 1 amide bonds. The normalized spacial score (nSPS) is 12.0. The standard InChI is InChI=1S/C16H26N2O/c1-5-8-15(6-2)17-16-10-7-9-14(11-16)12-18(4)13(3)19/h7,9-11,15,17H,5-6,8,12H2,1-4H3. The van der Waals surface area contributed by atoms with E-state index in [1.165, 1.54) is 12.8 Å². The van der Waals surface area contributed by atoms with Gasteiger partial charge >= 0.3 is 0 Å². The molecule has 1 aromatic rings. The van der Waals surface area contributed by atoms with Gasteiger partial charge in [0.15, 0.2) is 0 Å². The van der Waals surface area contributed by atoms with Crippen molar-refractivity contribution in [1.29, 1.82) is 0 Å². The summed E-state index contributed by atoms with van der Waals surface area (Å²) in [4.78, 5) is 13.0. The van der Waals surface area contributed by atoms with Gasteiger partial charge in [-0.15, -0.1) is 0 Å². The van der Waals surface area contributed by atoms with Crippen molar-refractivity contribution >= 4 is 11.6 Å². The van der Waals surface area contributed by atoms with E-state index in [9.17, 15) is 4.79 Å². The largest absolute Gasteiger partial charge is 0.382 e. The summed E-state index contributed by atoms with van der Waals surface area (Å²) < 4.78 is 0. The van der Waals surface area contributed by atoms with E-state index in [1.807, 2.05) is 13.1 Å². The molecule has 0 bridgehead atoms. The molecule has 1 N–H and O–H groups in total. The van der Waals surface area contributed by atoms with Crippen molar-refractivity contribution in [3.8, 4) is 0 Å². The second-order valence-corrected chi connectivity index (χ2v) is 5.11. The highest BCUT2D eigenvalue weighted by Gasteiger charge is 2.07. The zero-order valence-corrected chi connectivity index (χ0v) is 12.6. The number of carbonyl (C=O) groups is 1. The van der Waals surface area contributed by atoms with Crippen LogP contribution in [0.5, 0.6) is 0 Å². The van der Waals surface area contributed by atoms with Crippen LogP contribution in [-0.2, 0) is 11.3 Å². The van der Waals surface area contributed by atoms with Crippen LogP contribution in [-0.4, -0.2) is 23.9 Å². The zero-order valence-electron chi connectivity index (χ0n) is 12.6. The Balaban J connectivity index is 2.68. The zero-order chi connectivity index (χ0) is 14.3. The van der Waals surface area contributed by atoms with Gasteiger partial charge in [-0.05, 0) is 30.5 Å². The first-order chi connectivity index (χ1) is 9.06. The quantitative estimate of drug-likeness (QED) is 0.813. The van der Waals surface area contributed by atoms with E-state index in [4.69, 9.17) is 0 Å². The first-order valence-electron chi connectivity index (χ1n) is 7.14. The maximum Gasteiger partial charge on any atom is 0.219 e. The molecule has 1 aromatic carbocycles. The van der Waals surface area contributed by atoms with Gasteiger partial charge in [-0.1, -0.05) is 32.4 Å². The van der Waals surface area contributed by atoms with Crippen molar-refractivity contribution in [2.45, 2.75) is 52.6 Å². The van der Waals surface area contributed by atoms with Crippen molar-refractivity contribution in [2.75, 3.05) is 12.4 Å². The Hall–Kier alpha value is -1.51. The second-order valence-electron chi connectivity index (χ2n) is 5.11. The van der Waals surface area contributed by atoms with E-state index in [0.29, 0.717) is 12.6 Å². The molecule has 1 rings (SSSR count). The van der Waals surface area contributed by atoms with Gasteiger partial charge in [0.25, 0.3) is 0 Å². The van der Waals surface area contributed by atoms with E-state index in [1.54, 1.807) is 11.8 Å². The van der Waals surface area contributed by atoms with Gasteiger partial charge in [-0.2, -0.15) is 0 Å². The Bertz CT molecular complexity index is 403. The summed E-state index contributed by atoms with van der Waals surface area (Å²) in [7, 11) is 1.83. The lowest BCUT2D eigenvalue weighted by Gasteiger charge is -2.19. The second kappa shape index (κ2) is 7.82. The van der Waals surface area contributed by atoms with Gasteiger partial charge in [-0.3, -0.25) is 4.79 Å².